The van der Waals surface area contributed by atoms with Crippen LogP contribution in [0.3, 0.4) is 0 Å². The van der Waals surface area contributed by atoms with Gasteiger partial charge >= 0.3 is 0 Å². The number of imidazole rings is 1. The highest BCUT2D eigenvalue weighted by molar-refractivity contribution is 6.04. The first kappa shape index (κ1) is 23.3. The lowest BCUT2D eigenvalue weighted by Crippen LogP contribution is -2.46. The van der Waals surface area contributed by atoms with Crippen molar-refractivity contribution in [2.24, 2.45) is 0 Å². The number of anilines is 1. The summed E-state index contributed by atoms with van der Waals surface area (Å²) < 4.78 is 1.68. The van der Waals surface area contributed by atoms with Crippen molar-refractivity contribution in [1.29, 1.82) is 0 Å². The van der Waals surface area contributed by atoms with Gasteiger partial charge in [-0.05, 0) is 67.1 Å². The largest absolute Gasteiger partial charge is 0.322 e. The second-order valence-corrected chi connectivity index (χ2v) is 9.79. The maximum absolute atomic E-state index is 12.9. The van der Waals surface area contributed by atoms with Crippen LogP contribution in [0.15, 0.2) is 61.2 Å². The summed E-state index contributed by atoms with van der Waals surface area (Å²) in [5, 5.41) is 7.28. The van der Waals surface area contributed by atoms with E-state index in [2.05, 4.69) is 55.0 Å². The standard InChI is InChI=1S/C29H29N7O/c1-21-15-25(6-5-23(21)20-34-11-13-35(14-12-34)26-8-9-26)33-29(37)24-16-22(17-30-18-24)4-7-27-19-31-28-3-2-10-32-36(27)28/h2-3,5-6,10,15-19,26H,8-9,11-14,20H2,1H3,(H,33,37). The van der Waals surface area contributed by atoms with Crippen molar-refractivity contribution < 1.29 is 4.79 Å². The number of carbonyl (C=O) groups is 1. The van der Waals surface area contributed by atoms with Gasteiger partial charge in [0.25, 0.3) is 5.91 Å². The summed E-state index contributed by atoms with van der Waals surface area (Å²) in [5.41, 5.74) is 5.77. The number of rotatable bonds is 5. The van der Waals surface area contributed by atoms with Crippen molar-refractivity contribution >= 4 is 17.2 Å². The first-order valence-corrected chi connectivity index (χ1v) is 12.8. The average Bonchev–Trinajstić information content (AvgIpc) is 3.69. The molecule has 0 unspecified atom stereocenters. The van der Waals surface area contributed by atoms with E-state index >= 15 is 0 Å². The van der Waals surface area contributed by atoms with Gasteiger partial charge in [0.1, 0.15) is 5.69 Å². The van der Waals surface area contributed by atoms with Crippen molar-refractivity contribution in [2.45, 2.75) is 32.4 Å². The van der Waals surface area contributed by atoms with Gasteiger partial charge in [-0.3, -0.25) is 19.6 Å². The second-order valence-electron chi connectivity index (χ2n) is 9.79. The molecule has 1 N–H and O–H groups in total. The zero-order valence-electron chi connectivity index (χ0n) is 20.9. The van der Waals surface area contributed by atoms with Crippen molar-refractivity contribution in [3.05, 3.63) is 89.1 Å². The molecule has 186 valence electrons. The third-order valence-corrected chi connectivity index (χ3v) is 7.08. The summed E-state index contributed by atoms with van der Waals surface area (Å²) in [6.07, 6.45) is 9.32. The Balaban J connectivity index is 1.09. The number of carbonyl (C=O) groups excluding carboxylic acids is 1. The molecule has 6 rings (SSSR count). The highest BCUT2D eigenvalue weighted by atomic mass is 16.1. The number of fused-ring (bicyclic) bond motifs is 1. The summed E-state index contributed by atoms with van der Waals surface area (Å²) in [4.78, 5) is 26.6. The molecule has 4 aromatic rings. The molecule has 2 aliphatic rings. The van der Waals surface area contributed by atoms with E-state index < -0.39 is 0 Å². The molecule has 4 heterocycles. The predicted molar refractivity (Wildman–Crippen MR) is 142 cm³/mol. The molecule has 1 saturated carbocycles. The number of hydrogen-bond donors (Lipinski definition) is 1. The van der Waals surface area contributed by atoms with Crippen molar-refractivity contribution in [1.82, 2.24) is 29.4 Å². The van der Waals surface area contributed by atoms with Crippen molar-refractivity contribution in [2.75, 3.05) is 31.5 Å². The van der Waals surface area contributed by atoms with Gasteiger partial charge in [-0.25, -0.2) is 9.50 Å². The van der Waals surface area contributed by atoms with Gasteiger partial charge in [0, 0.05) is 68.6 Å². The van der Waals surface area contributed by atoms with Gasteiger partial charge < -0.3 is 5.32 Å². The van der Waals surface area contributed by atoms with Crippen molar-refractivity contribution in [3.8, 4) is 11.8 Å². The van der Waals surface area contributed by atoms with E-state index in [9.17, 15) is 4.79 Å². The maximum Gasteiger partial charge on any atom is 0.257 e. The lowest BCUT2D eigenvalue weighted by Gasteiger charge is -2.35. The van der Waals surface area contributed by atoms with Crippen LogP contribution in [0.5, 0.6) is 0 Å². The molecule has 1 amide bonds. The third kappa shape index (κ3) is 5.38. The molecule has 0 atom stereocenters. The Kier molecular flexibility index (Phi) is 6.39. The Morgan fingerprint density at radius 2 is 1.92 bits per heavy atom. The number of nitrogens with zero attached hydrogens (tertiary/aromatic N) is 6. The zero-order chi connectivity index (χ0) is 25.2. The van der Waals surface area contributed by atoms with E-state index in [1.54, 1.807) is 35.4 Å². The predicted octanol–water partition coefficient (Wildman–Crippen LogP) is 3.36. The quantitative estimate of drug-likeness (QED) is 0.432. The van der Waals surface area contributed by atoms with Crippen LogP contribution in [0.1, 0.15) is 45.6 Å². The summed E-state index contributed by atoms with van der Waals surface area (Å²) in [6, 6.07) is 12.4. The van der Waals surface area contributed by atoms with Gasteiger partial charge in [-0.15, -0.1) is 0 Å². The Morgan fingerprint density at radius 1 is 1.05 bits per heavy atom. The number of benzene rings is 1. The smallest absolute Gasteiger partial charge is 0.257 e. The van der Waals surface area contributed by atoms with E-state index in [4.69, 9.17) is 0 Å². The van der Waals surface area contributed by atoms with Gasteiger partial charge in [-0.2, -0.15) is 5.10 Å². The molecular weight excluding hydrogens is 462 g/mol. The van der Waals surface area contributed by atoms with Gasteiger partial charge in [0.05, 0.1) is 11.8 Å². The molecule has 0 bridgehead atoms. The summed E-state index contributed by atoms with van der Waals surface area (Å²) in [5.74, 6) is 5.92. The molecular formula is C29H29N7O. The Morgan fingerprint density at radius 3 is 2.73 bits per heavy atom. The molecule has 0 spiro atoms. The number of hydrogen-bond acceptors (Lipinski definition) is 6. The van der Waals surface area contributed by atoms with E-state index in [0.29, 0.717) is 16.8 Å². The van der Waals surface area contributed by atoms with Gasteiger partial charge in [0.15, 0.2) is 5.65 Å². The number of amides is 1. The number of piperazine rings is 1. The van der Waals surface area contributed by atoms with E-state index in [1.807, 2.05) is 24.3 Å². The highest BCUT2D eigenvalue weighted by Crippen LogP contribution is 2.28. The molecule has 8 heteroatoms. The molecule has 8 nitrogen and oxygen atoms in total. The van der Waals surface area contributed by atoms with E-state index in [-0.39, 0.29) is 5.91 Å². The fourth-order valence-electron chi connectivity index (χ4n) is 4.80. The second kappa shape index (κ2) is 10.1. The van der Waals surface area contributed by atoms with Crippen molar-refractivity contribution in [3.63, 3.8) is 0 Å². The molecule has 1 saturated heterocycles. The number of aryl methyl sites for hydroxylation is 1. The highest BCUT2D eigenvalue weighted by Gasteiger charge is 2.31. The van der Waals surface area contributed by atoms with E-state index in [0.717, 1.165) is 37.0 Å². The molecule has 1 aliphatic carbocycles. The minimum atomic E-state index is -0.212. The summed E-state index contributed by atoms with van der Waals surface area (Å²) in [6.45, 7) is 7.64. The first-order chi connectivity index (χ1) is 18.1. The number of pyridine rings is 1. The molecule has 1 aliphatic heterocycles. The van der Waals surface area contributed by atoms with Crippen LogP contribution in [0.25, 0.3) is 5.65 Å². The lowest BCUT2D eigenvalue weighted by atomic mass is 10.1. The van der Waals surface area contributed by atoms with Gasteiger partial charge in [-0.1, -0.05) is 12.0 Å². The Bertz CT molecular complexity index is 1500. The first-order valence-electron chi connectivity index (χ1n) is 12.8. The summed E-state index contributed by atoms with van der Waals surface area (Å²) >= 11 is 0. The fourth-order valence-corrected chi connectivity index (χ4v) is 4.80. The SMILES string of the molecule is Cc1cc(NC(=O)c2cncc(C#Cc3cnc4cccnn34)c2)ccc1CN1CCN(C2CC2)CC1. The van der Waals surface area contributed by atoms with Crippen LogP contribution in [0.2, 0.25) is 0 Å². The van der Waals surface area contributed by atoms with Crippen LogP contribution >= 0.6 is 0 Å². The Labute approximate surface area is 216 Å². The Hall–Kier alpha value is -4.06. The number of nitrogens with one attached hydrogen (secondary N) is 1. The minimum Gasteiger partial charge on any atom is -0.322 e. The maximum atomic E-state index is 12.9. The molecule has 1 aromatic carbocycles. The molecule has 37 heavy (non-hydrogen) atoms. The summed E-state index contributed by atoms with van der Waals surface area (Å²) in [7, 11) is 0. The van der Waals surface area contributed by atoms with E-state index in [1.165, 1.54) is 37.1 Å². The van der Waals surface area contributed by atoms with Gasteiger partial charge in [0.2, 0.25) is 0 Å². The van der Waals surface area contributed by atoms with Crippen LogP contribution < -0.4 is 5.32 Å². The molecule has 0 radical (unpaired) electrons. The normalized spacial score (nSPS) is 16.4. The molecule has 3 aromatic heterocycles. The zero-order valence-corrected chi connectivity index (χ0v) is 20.9. The van der Waals surface area contributed by atoms with Crippen LogP contribution in [0.4, 0.5) is 5.69 Å². The van der Waals surface area contributed by atoms with Crippen LogP contribution in [-0.4, -0.2) is 67.5 Å². The van der Waals surface area contributed by atoms with Crippen LogP contribution in [-0.2, 0) is 6.54 Å². The third-order valence-electron chi connectivity index (χ3n) is 7.08. The lowest BCUT2D eigenvalue weighted by molar-refractivity contribution is 0.102. The number of aromatic nitrogens is 4. The fraction of sp³-hybridized carbons (Fsp3) is 0.310. The van der Waals surface area contributed by atoms with Crippen LogP contribution in [0, 0.1) is 18.8 Å². The monoisotopic (exact) mass is 491 g/mol. The minimum absolute atomic E-state index is 0.212. The topological polar surface area (TPSA) is 78.7 Å². The average molecular weight is 492 g/mol. The molecule has 2 fully saturated rings.